The number of fused-ring (bicyclic) bond motifs is 1. The standard InChI is InChI=1S/C19H35N5O2/c1-4-17-22-18(23-26-17)13-5-7-14-12(9-13)6-8-16(14)21-19(25)15-10-20-24(3)11(15)2/h11-18,20,22-23H,4-10H2,1-3H3,(H,21,25)/t11?,12?,13?,14?,15?,16-,17?,18?/m1/s1. The monoisotopic (exact) mass is 365 g/mol. The molecule has 2 saturated heterocycles. The molecule has 4 fully saturated rings. The van der Waals surface area contributed by atoms with Crippen molar-refractivity contribution in [3.05, 3.63) is 0 Å². The van der Waals surface area contributed by atoms with Crippen molar-refractivity contribution >= 4 is 5.91 Å². The lowest BCUT2D eigenvalue weighted by atomic mass is 9.73. The fourth-order valence-corrected chi connectivity index (χ4v) is 5.56. The molecule has 4 rings (SSSR count). The fraction of sp³-hybridized carbons (Fsp3) is 0.947. The minimum atomic E-state index is 0.0606. The van der Waals surface area contributed by atoms with Crippen molar-refractivity contribution in [2.24, 2.45) is 23.7 Å². The van der Waals surface area contributed by atoms with Crippen LogP contribution in [0, 0.1) is 23.7 Å². The molecule has 0 aromatic heterocycles. The Bertz CT molecular complexity index is 518. The van der Waals surface area contributed by atoms with E-state index in [2.05, 4.69) is 40.4 Å². The molecule has 7 nitrogen and oxygen atoms in total. The van der Waals surface area contributed by atoms with Crippen molar-refractivity contribution in [1.29, 1.82) is 0 Å². The normalized spacial score (nSPS) is 46.4. The zero-order chi connectivity index (χ0) is 18.3. The van der Waals surface area contributed by atoms with Gasteiger partial charge in [-0.1, -0.05) is 6.92 Å². The first kappa shape index (κ1) is 18.6. The zero-order valence-corrected chi connectivity index (χ0v) is 16.3. The van der Waals surface area contributed by atoms with Gasteiger partial charge in [-0.05, 0) is 63.2 Å². The van der Waals surface area contributed by atoms with Crippen LogP contribution in [0.3, 0.4) is 0 Å². The third-order valence-corrected chi connectivity index (χ3v) is 7.41. The zero-order valence-electron chi connectivity index (χ0n) is 16.3. The Balaban J connectivity index is 1.29. The van der Waals surface area contributed by atoms with E-state index in [1.807, 2.05) is 7.05 Å². The molecule has 4 N–H and O–H groups in total. The Labute approximate surface area is 156 Å². The number of hydrogen-bond acceptors (Lipinski definition) is 6. The number of carbonyl (C=O) groups excluding carboxylic acids is 1. The number of rotatable bonds is 4. The molecular weight excluding hydrogens is 330 g/mol. The van der Waals surface area contributed by atoms with Gasteiger partial charge in [-0.2, -0.15) is 5.48 Å². The summed E-state index contributed by atoms with van der Waals surface area (Å²) in [6, 6.07) is 0.629. The molecule has 0 aromatic rings. The summed E-state index contributed by atoms with van der Waals surface area (Å²) in [6.45, 7) is 5.02. The van der Waals surface area contributed by atoms with Crippen LogP contribution in [0.5, 0.6) is 0 Å². The Morgan fingerprint density at radius 1 is 1.23 bits per heavy atom. The van der Waals surface area contributed by atoms with Crippen molar-refractivity contribution in [2.45, 2.75) is 76.8 Å². The molecular formula is C19H35N5O2. The lowest BCUT2D eigenvalue weighted by molar-refractivity contribution is -0.126. The average Bonchev–Trinajstić information content (AvgIpc) is 3.35. The maximum Gasteiger partial charge on any atom is 0.226 e. The number of amides is 1. The van der Waals surface area contributed by atoms with Crippen molar-refractivity contribution < 1.29 is 9.63 Å². The van der Waals surface area contributed by atoms with Crippen LogP contribution in [0.4, 0.5) is 0 Å². The van der Waals surface area contributed by atoms with E-state index in [1.54, 1.807) is 0 Å². The number of carbonyl (C=O) groups is 1. The molecule has 4 aliphatic rings. The molecule has 7 heteroatoms. The van der Waals surface area contributed by atoms with Gasteiger partial charge in [0.1, 0.15) is 6.23 Å². The third-order valence-electron chi connectivity index (χ3n) is 7.41. The van der Waals surface area contributed by atoms with Gasteiger partial charge < -0.3 is 5.32 Å². The summed E-state index contributed by atoms with van der Waals surface area (Å²) in [5.74, 6) is 2.33. The lowest BCUT2D eigenvalue weighted by Crippen LogP contribution is -2.47. The van der Waals surface area contributed by atoms with E-state index >= 15 is 0 Å². The van der Waals surface area contributed by atoms with Gasteiger partial charge in [0, 0.05) is 25.7 Å². The van der Waals surface area contributed by atoms with Crippen molar-refractivity contribution in [3.8, 4) is 0 Å². The minimum absolute atomic E-state index is 0.0606. The molecule has 1 amide bonds. The third kappa shape index (κ3) is 3.52. The number of hydroxylamine groups is 1. The summed E-state index contributed by atoms with van der Waals surface area (Å²) in [6.07, 6.45) is 7.47. The second kappa shape index (κ2) is 7.72. The van der Waals surface area contributed by atoms with E-state index in [0.29, 0.717) is 17.9 Å². The second-order valence-electron chi connectivity index (χ2n) is 8.79. The first-order valence-corrected chi connectivity index (χ1v) is 10.5. The van der Waals surface area contributed by atoms with Gasteiger partial charge in [0.15, 0.2) is 0 Å². The Kier molecular flexibility index (Phi) is 5.53. The van der Waals surface area contributed by atoms with Gasteiger partial charge in [0.2, 0.25) is 5.91 Å². The Morgan fingerprint density at radius 3 is 2.73 bits per heavy atom. The molecule has 2 heterocycles. The summed E-state index contributed by atoms with van der Waals surface area (Å²) in [7, 11) is 2.02. The summed E-state index contributed by atoms with van der Waals surface area (Å²) in [5.41, 5.74) is 6.48. The molecule has 0 bridgehead atoms. The first-order valence-electron chi connectivity index (χ1n) is 10.5. The van der Waals surface area contributed by atoms with E-state index in [9.17, 15) is 4.79 Å². The Morgan fingerprint density at radius 2 is 2.04 bits per heavy atom. The second-order valence-corrected chi connectivity index (χ2v) is 8.79. The molecule has 0 aromatic carbocycles. The SMILES string of the molecule is CCC1NC(C2CCC3C(CC[C@H]3NC(=O)C3CNN(C)C3C)C2)NO1. The van der Waals surface area contributed by atoms with Crippen LogP contribution in [0.15, 0.2) is 0 Å². The first-order chi connectivity index (χ1) is 12.6. The lowest BCUT2D eigenvalue weighted by Gasteiger charge is -2.37. The molecule has 26 heavy (non-hydrogen) atoms. The topological polar surface area (TPSA) is 77.7 Å². The van der Waals surface area contributed by atoms with E-state index in [1.165, 1.54) is 25.7 Å². The van der Waals surface area contributed by atoms with E-state index in [4.69, 9.17) is 4.84 Å². The number of hydrogen-bond donors (Lipinski definition) is 4. The summed E-state index contributed by atoms with van der Waals surface area (Å²) in [5, 5.41) is 9.03. The van der Waals surface area contributed by atoms with Crippen LogP contribution in [-0.4, -0.2) is 49.0 Å². The maximum atomic E-state index is 12.8. The molecule has 2 saturated carbocycles. The molecule has 8 atom stereocenters. The van der Waals surface area contributed by atoms with Gasteiger partial charge in [-0.15, -0.1) is 0 Å². The highest BCUT2D eigenvalue weighted by Crippen LogP contribution is 2.45. The van der Waals surface area contributed by atoms with Crippen LogP contribution in [-0.2, 0) is 9.63 Å². The number of nitrogens with zero attached hydrogens (tertiary/aromatic N) is 1. The van der Waals surface area contributed by atoms with Gasteiger partial charge in [0.05, 0.1) is 12.1 Å². The maximum absolute atomic E-state index is 12.8. The molecule has 0 radical (unpaired) electrons. The summed E-state index contributed by atoms with van der Waals surface area (Å²) >= 11 is 0. The number of hydrazine groups is 1. The van der Waals surface area contributed by atoms with Gasteiger partial charge in [-0.3, -0.25) is 20.4 Å². The van der Waals surface area contributed by atoms with Crippen molar-refractivity contribution in [3.63, 3.8) is 0 Å². The minimum Gasteiger partial charge on any atom is -0.353 e. The van der Waals surface area contributed by atoms with Crippen LogP contribution < -0.4 is 21.5 Å². The van der Waals surface area contributed by atoms with E-state index in [0.717, 1.165) is 25.3 Å². The number of nitrogens with one attached hydrogen (secondary N) is 4. The van der Waals surface area contributed by atoms with Crippen LogP contribution in [0.2, 0.25) is 0 Å². The highest BCUT2D eigenvalue weighted by molar-refractivity contribution is 5.80. The predicted molar refractivity (Wildman–Crippen MR) is 99.4 cm³/mol. The average molecular weight is 366 g/mol. The fourth-order valence-electron chi connectivity index (χ4n) is 5.56. The smallest absolute Gasteiger partial charge is 0.226 e. The van der Waals surface area contributed by atoms with Gasteiger partial charge in [-0.25, -0.2) is 5.01 Å². The van der Waals surface area contributed by atoms with Crippen molar-refractivity contribution in [1.82, 2.24) is 26.5 Å². The van der Waals surface area contributed by atoms with E-state index < -0.39 is 0 Å². The van der Waals surface area contributed by atoms with Crippen LogP contribution >= 0.6 is 0 Å². The highest BCUT2D eigenvalue weighted by atomic mass is 16.7. The molecule has 148 valence electrons. The summed E-state index contributed by atoms with van der Waals surface area (Å²) < 4.78 is 0. The quantitative estimate of drug-likeness (QED) is 0.594. The van der Waals surface area contributed by atoms with Crippen molar-refractivity contribution in [2.75, 3.05) is 13.6 Å². The highest BCUT2D eigenvalue weighted by Gasteiger charge is 2.44. The van der Waals surface area contributed by atoms with Crippen LogP contribution in [0.25, 0.3) is 0 Å². The molecule has 2 aliphatic heterocycles. The molecule has 2 aliphatic carbocycles. The van der Waals surface area contributed by atoms with E-state index in [-0.39, 0.29) is 30.3 Å². The van der Waals surface area contributed by atoms with Gasteiger partial charge in [0.25, 0.3) is 0 Å². The largest absolute Gasteiger partial charge is 0.353 e. The van der Waals surface area contributed by atoms with Crippen LogP contribution in [0.1, 0.15) is 52.4 Å². The Hall–Kier alpha value is -0.730. The van der Waals surface area contributed by atoms with Gasteiger partial charge >= 0.3 is 0 Å². The predicted octanol–water partition coefficient (Wildman–Crippen LogP) is 0.939. The molecule has 7 unspecified atom stereocenters. The molecule has 0 spiro atoms. The summed E-state index contributed by atoms with van der Waals surface area (Å²) in [4.78, 5) is 18.4.